The van der Waals surface area contributed by atoms with Gasteiger partial charge in [0.15, 0.2) is 0 Å². The van der Waals surface area contributed by atoms with Gasteiger partial charge >= 0.3 is 0 Å². The van der Waals surface area contributed by atoms with Gasteiger partial charge in [0.2, 0.25) is 10.0 Å². The van der Waals surface area contributed by atoms with E-state index < -0.39 is 15.8 Å². The smallest absolute Gasteiger partial charge is 0.214 e. The molecule has 0 unspecified atom stereocenters. The molecule has 1 fully saturated rings. The van der Waals surface area contributed by atoms with Crippen LogP contribution in [0.2, 0.25) is 5.02 Å². The molecular formula is C13H17ClFNO3S. The van der Waals surface area contributed by atoms with E-state index >= 15 is 0 Å². The van der Waals surface area contributed by atoms with Crippen LogP contribution in [-0.4, -0.2) is 33.4 Å². The number of halogens is 2. The van der Waals surface area contributed by atoms with Crippen molar-refractivity contribution in [3.05, 3.63) is 34.6 Å². The number of nitrogens with one attached hydrogen (secondary N) is 1. The zero-order valence-electron chi connectivity index (χ0n) is 11.3. The maximum Gasteiger partial charge on any atom is 0.214 e. The van der Waals surface area contributed by atoms with Gasteiger partial charge in [-0.25, -0.2) is 17.5 Å². The highest BCUT2D eigenvalue weighted by molar-refractivity contribution is 7.89. The highest BCUT2D eigenvalue weighted by Gasteiger charge is 2.41. The molecule has 20 heavy (non-hydrogen) atoms. The summed E-state index contributed by atoms with van der Waals surface area (Å²) >= 11 is 5.62. The van der Waals surface area contributed by atoms with E-state index in [-0.39, 0.29) is 28.8 Å². The summed E-state index contributed by atoms with van der Waals surface area (Å²) in [7, 11) is -1.91. The van der Waals surface area contributed by atoms with Crippen LogP contribution in [0.3, 0.4) is 0 Å². The Morgan fingerprint density at radius 2 is 2.25 bits per heavy atom. The molecule has 0 bridgehead atoms. The molecule has 0 spiro atoms. The summed E-state index contributed by atoms with van der Waals surface area (Å²) in [5.41, 5.74) is 0.763. The zero-order chi connectivity index (χ0) is 14.9. The summed E-state index contributed by atoms with van der Waals surface area (Å²) < 4.78 is 44.6. The van der Waals surface area contributed by atoms with E-state index in [0.29, 0.717) is 6.42 Å². The Morgan fingerprint density at radius 1 is 1.55 bits per heavy atom. The Kier molecular flexibility index (Phi) is 4.69. The molecule has 2 rings (SSSR count). The molecule has 1 aliphatic carbocycles. The first-order valence-electron chi connectivity index (χ1n) is 6.30. The Morgan fingerprint density at radius 3 is 2.85 bits per heavy atom. The quantitative estimate of drug-likeness (QED) is 0.874. The zero-order valence-corrected chi connectivity index (χ0v) is 12.8. The van der Waals surface area contributed by atoms with Crippen LogP contribution < -0.4 is 4.72 Å². The third-order valence-electron chi connectivity index (χ3n) is 3.35. The Labute approximate surface area is 123 Å². The van der Waals surface area contributed by atoms with Crippen LogP contribution >= 0.6 is 11.6 Å². The highest BCUT2D eigenvalue weighted by Crippen LogP contribution is 2.41. The number of benzene rings is 1. The first-order valence-corrected chi connectivity index (χ1v) is 8.33. The third kappa shape index (κ3) is 3.91. The fraction of sp³-hybridized carbons (Fsp3) is 0.538. The van der Waals surface area contributed by atoms with Crippen molar-refractivity contribution in [1.29, 1.82) is 0 Å². The molecular weight excluding hydrogens is 305 g/mol. The van der Waals surface area contributed by atoms with Gasteiger partial charge < -0.3 is 4.74 Å². The van der Waals surface area contributed by atoms with Gasteiger partial charge in [-0.1, -0.05) is 17.7 Å². The molecule has 7 heteroatoms. The number of sulfonamides is 1. The van der Waals surface area contributed by atoms with Crippen LogP contribution in [0.1, 0.15) is 24.8 Å². The third-order valence-corrected chi connectivity index (χ3v) is 5.23. The van der Waals surface area contributed by atoms with Crippen molar-refractivity contribution < 1.29 is 17.5 Å². The molecule has 3 atom stereocenters. The molecule has 0 amide bonds. The first-order chi connectivity index (χ1) is 9.32. The number of ether oxygens (including phenoxy) is 1. The first kappa shape index (κ1) is 15.7. The summed E-state index contributed by atoms with van der Waals surface area (Å²) in [6.45, 7) is 1.69. The normalized spacial score (nSPS) is 23.6. The predicted molar refractivity (Wildman–Crippen MR) is 75.9 cm³/mol. The maximum atomic E-state index is 13.4. The molecule has 4 nitrogen and oxygen atoms in total. The molecule has 1 saturated carbocycles. The van der Waals surface area contributed by atoms with E-state index in [1.165, 1.54) is 19.2 Å². The van der Waals surface area contributed by atoms with Crippen LogP contribution in [-0.2, 0) is 14.8 Å². The monoisotopic (exact) mass is 321 g/mol. The molecule has 1 aliphatic rings. The topological polar surface area (TPSA) is 55.4 Å². The van der Waals surface area contributed by atoms with E-state index in [2.05, 4.69) is 4.72 Å². The lowest BCUT2D eigenvalue weighted by Gasteiger charge is -2.11. The van der Waals surface area contributed by atoms with Gasteiger partial charge in [0, 0.05) is 19.1 Å². The van der Waals surface area contributed by atoms with E-state index in [9.17, 15) is 12.8 Å². The van der Waals surface area contributed by atoms with Crippen LogP contribution in [0, 0.1) is 5.82 Å². The molecule has 1 aromatic carbocycles. The predicted octanol–water partition coefficient (Wildman–Crippen LogP) is 2.29. The number of methoxy groups -OCH3 is 1. The SMILES string of the molecule is CO[C@@H](C)CS(=O)(=O)N[C@@H]1C[C@H]1c1ccc(Cl)c(F)c1. The van der Waals surface area contributed by atoms with Gasteiger partial charge in [0.25, 0.3) is 0 Å². The molecule has 0 heterocycles. The minimum atomic E-state index is -3.38. The van der Waals surface area contributed by atoms with Gasteiger partial charge in [-0.15, -0.1) is 0 Å². The van der Waals surface area contributed by atoms with E-state index in [0.717, 1.165) is 5.56 Å². The van der Waals surface area contributed by atoms with Gasteiger partial charge in [-0.3, -0.25) is 0 Å². The minimum Gasteiger partial charge on any atom is -0.381 e. The van der Waals surface area contributed by atoms with Gasteiger partial charge in [-0.05, 0) is 31.0 Å². The second-order valence-electron chi connectivity index (χ2n) is 5.07. The van der Waals surface area contributed by atoms with E-state index in [4.69, 9.17) is 16.3 Å². The van der Waals surface area contributed by atoms with Crippen molar-refractivity contribution >= 4 is 21.6 Å². The van der Waals surface area contributed by atoms with E-state index in [1.54, 1.807) is 13.0 Å². The Hall–Kier alpha value is -0.690. The number of hydrogen-bond donors (Lipinski definition) is 1. The van der Waals surface area contributed by atoms with Crippen molar-refractivity contribution in [2.75, 3.05) is 12.9 Å². The summed E-state index contributed by atoms with van der Waals surface area (Å²) in [5, 5.41) is 0.0699. The maximum absolute atomic E-state index is 13.4. The van der Waals surface area contributed by atoms with Crippen molar-refractivity contribution in [3.8, 4) is 0 Å². The molecule has 0 aliphatic heterocycles. The molecule has 0 radical (unpaired) electrons. The van der Waals surface area contributed by atoms with Crippen LogP contribution in [0.25, 0.3) is 0 Å². The van der Waals surface area contributed by atoms with Crippen molar-refractivity contribution in [2.45, 2.75) is 31.4 Å². The second kappa shape index (κ2) is 5.97. The van der Waals surface area contributed by atoms with Gasteiger partial charge in [0.1, 0.15) is 5.82 Å². The van der Waals surface area contributed by atoms with Gasteiger partial charge in [0.05, 0.1) is 16.9 Å². The van der Waals surface area contributed by atoms with E-state index in [1.807, 2.05) is 0 Å². The largest absolute Gasteiger partial charge is 0.381 e. The lowest BCUT2D eigenvalue weighted by atomic mass is 10.1. The lowest BCUT2D eigenvalue weighted by Crippen LogP contribution is -2.33. The summed E-state index contributed by atoms with van der Waals surface area (Å²) in [6.07, 6.45) is 0.305. The number of rotatable bonds is 6. The van der Waals surface area contributed by atoms with Crippen LogP contribution in [0.4, 0.5) is 4.39 Å². The van der Waals surface area contributed by atoms with Crippen LogP contribution in [0.15, 0.2) is 18.2 Å². The lowest BCUT2D eigenvalue weighted by molar-refractivity contribution is 0.136. The molecule has 1 aromatic rings. The van der Waals surface area contributed by atoms with Crippen molar-refractivity contribution in [1.82, 2.24) is 4.72 Å². The minimum absolute atomic E-state index is 0.00870. The average molecular weight is 322 g/mol. The number of hydrogen-bond acceptors (Lipinski definition) is 3. The van der Waals surface area contributed by atoms with Crippen molar-refractivity contribution in [3.63, 3.8) is 0 Å². The standard InChI is InChI=1S/C13H17ClFNO3S/c1-8(19-2)7-20(17,18)16-13-6-10(13)9-3-4-11(14)12(15)5-9/h3-5,8,10,13,16H,6-7H2,1-2H3/t8-,10-,13+/m0/s1. The average Bonchev–Trinajstić information content (AvgIpc) is 3.10. The Bertz CT molecular complexity index is 593. The second-order valence-corrected chi connectivity index (χ2v) is 7.27. The van der Waals surface area contributed by atoms with Crippen LogP contribution in [0.5, 0.6) is 0 Å². The highest BCUT2D eigenvalue weighted by atomic mass is 35.5. The fourth-order valence-corrected chi connectivity index (χ4v) is 3.78. The summed E-state index contributed by atoms with van der Waals surface area (Å²) in [6, 6.07) is 4.40. The molecule has 112 valence electrons. The molecule has 0 saturated heterocycles. The molecule has 1 N–H and O–H groups in total. The Balaban J connectivity index is 1.96. The summed E-state index contributed by atoms with van der Waals surface area (Å²) in [4.78, 5) is 0. The molecule has 0 aromatic heterocycles. The van der Waals surface area contributed by atoms with Crippen molar-refractivity contribution in [2.24, 2.45) is 0 Å². The fourth-order valence-electron chi connectivity index (χ4n) is 2.09. The summed E-state index contributed by atoms with van der Waals surface area (Å²) in [5.74, 6) is -0.554. The van der Waals surface area contributed by atoms with Gasteiger partial charge in [-0.2, -0.15) is 0 Å².